The van der Waals surface area contributed by atoms with Crippen LogP contribution in [0.2, 0.25) is 0 Å². The smallest absolute Gasteiger partial charge is 0.243 e. The summed E-state index contributed by atoms with van der Waals surface area (Å²) in [6.07, 6.45) is -4.94. The molecule has 2 aromatic carbocycles. The second kappa shape index (κ2) is 14.3. The van der Waals surface area contributed by atoms with Crippen molar-refractivity contribution in [2.75, 3.05) is 26.1 Å². The normalized spacial score (nSPS) is 28.8. The Hall–Kier alpha value is -3.90. The summed E-state index contributed by atoms with van der Waals surface area (Å²) in [7, 11) is 1.31. The number of thioether (sulfide) groups is 1. The average molecular weight is 729 g/mol. The molecule has 274 valence electrons. The van der Waals surface area contributed by atoms with Crippen molar-refractivity contribution in [3.8, 4) is 17.2 Å². The average Bonchev–Trinajstić information content (AvgIpc) is 3.38. The maximum Gasteiger partial charge on any atom is 0.243 e. The van der Waals surface area contributed by atoms with E-state index >= 15 is 0 Å². The van der Waals surface area contributed by atoms with Crippen LogP contribution in [0.3, 0.4) is 0 Å². The Bertz CT molecular complexity index is 1800. The minimum absolute atomic E-state index is 0.0677. The van der Waals surface area contributed by atoms with Crippen LogP contribution >= 0.6 is 11.8 Å². The molecule has 2 aromatic rings. The van der Waals surface area contributed by atoms with Crippen molar-refractivity contribution < 1.29 is 63.7 Å². The minimum atomic E-state index is -2.33. The number of carbonyl (C=O) groups is 5. The van der Waals surface area contributed by atoms with E-state index in [1.165, 1.54) is 37.1 Å². The number of aliphatic hydroxyl groups excluding tert-OH is 2. The van der Waals surface area contributed by atoms with Gasteiger partial charge in [0.25, 0.3) is 0 Å². The zero-order valence-corrected chi connectivity index (χ0v) is 29.0. The molecule has 15 nitrogen and oxygen atoms in total. The van der Waals surface area contributed by atoms with Crippen LogP contribution < -0.4 is 10.1 Å². The molecule has 2 fully saturated rings. The van der Waals surface area contributed by atoms with Crippen LogP contribution in [0.25, 0.3) is 0 Å². The first-order chi connectivity index (χ1) is 24.3. The fraction of sp³-hybridized carbons (Fsp3) is 0.514. The number of fused-ring (bicyclic) bond motifs is 3. The van der Waals surface area contributed by atoms with Crippen LogP contribution in [0.5, 0.6) is 17.2 Å². The monoisotopic (exact) mass is 728 g/mol. The van der Waals surface area contributed by atoms with Crippen molar-refractivity contribution in [2.45, 2.75) is 87.4 Å². The highest BCUT2D eigenvalue weighted by Gasteiger charge is 2.50. The number of imide groups is 1. The number of ketones is 3. The highest BCUT2D eigenvalue weighted by molar-refractivity contribution is 8.00. The Kier molecular flexibility index (Phi) is 10.3. The summed E-state index contributed by atoms with van der Waals surface area (Å²) >= 11 is 1.42. The molecule has 2 amide bonds. The number of hydrogen-bond donors (Lipinski definition) is 6. The van der Waals surface area contributed by atoms with Crippen molar-refractivity contribution in [1.29, 1.82) is 0 Å². The number of aromatic hydroxyl groups is 2. The van der Waals surface area contributed by atoms with E-state index in [0.29, 0.717) is 0 Å². The standard InChI is InChI=1S/C35H40N2O13S/c1-4-8-51-21-10-23(40)37(34(21)46)14-36-18-9-24(49-15(2)29(18)41)50-20-12-35(47,22(39)13-38)11-17-26(20)33(45)28-27(31(17)43)30(42)16-6-5-7-19(48-3)25(16)32(28)44/h5-7,15,18,20-21,24,29,36,38,41,43,45,47H,4,8-14H2,1-3H3/t15?,18?,20-,21?,24?,29?,35-/m0/s1. The fourth-order valence-electron chi connectivity index (χ4n) is 7.34. The van der Waals surface area contributed by atoms with Gasteiger partial charge in [-0.2, -0.15) is 0 Å². The van der Waals surface area contributed by atoms with Crippen LogP contribution in [-0.2, 0) is 30.3 Å². The highest BCUT2D eigenvalue weighted by atomic mass is 32.2. The molecule has 0 aromatic heterocycles. The molecule has 2 heterocycles. The van der Waals surface area contributed by atoms with Gasteiger partial charge in [-0.3, -0.25) is 34.2 Å². The summed E-state index contributed by atoms with van der Waals surface area (Å²) in [4.78, 5) is 67.2. The number of likely N-dealkylation sites (tertiary alicyclic amines) is 1. The Morgan fingerprint density at radius 3 is 2.53 bits per heavy atom. The first kappa shape index (κ1) is 36.9. The predicted octanol–water partition coefficient (Wildman–Crippen LogP) is 0.860. The van der Waals surface area contributed by atoms with Gasteiger partial charge in [-0.15, -0.1) is 11.8 Å². The largest absolute Gasteiger partial charge is 0.507 e. The van der Waals surface area contributed by atoms with Gasteiger partial charge < -0.3 is 39.7 Å². The molecule has 16 heteroatoms. The molecule has 4 aliphatic rings. The second-order valence-corrected chi connectivity index (χ2v) is 14.5. The molecule has 6 rings (SSSR count). The Morgan fingerprint density at radius 2 is 1.84 bits per heavy atom. The number of amides is 2. The first-order valence-corrected chi connectivity index (χ1v) is 17.7. The molecular formula is C35H40N2O13S. The Morgan fingerprint density at radius 1 is 1.12 bits per heavy atom. The number of methoxy groups -OCH3 is 1. The van der Waals surface area contributed by atoms with Gasteiger partial charge in [0.05, 0.1) is 54.0 Å². The van der Waals surface area contributed by atoms with Gasteiger partial charge in [0.15, 0.2) is 17.9 Å². The number of benzene rings is 2. The molecule has 0 spiro atoms. The van der Waals surface area contributed by atoms with E-state index in [4.69, 9.17) is 14.2 Å². The van der Waals surface area contributed by atoms with Gasteiger partial charge in [-0.05, 0) is 25.2 Å². The maximum absolute atomic E-state index is 13.9. The van der Waals surface area contributed by atoms with Crippen molar-refractivity contribution in [1.82, 2.24) is 10.2 Å². The summed E-state index contributed by atoms with van der Waals surface area (Å²) < 4.78 is 17.5. The zero-order chi connectivity index (χ0) is 36.9. The second-order valence-electron chi connectivity index (χ2n) is 13.2. The van der Waals surface area contributed by atoms with Gasteiger partial charge in [0, 0.05) is 48.4 Å². The van der Waals surface area contributed by atoms with Gasteiger partial charge in [-0.25, -0.2) is 0 Å². The van der Waals surface area contributed by atoms with E-state index in [1.54, 1.807) is 6.92 Å². The molecular weight excluding hydrogens is 688 g/mol. The maximum atomic E-state index is 13.9. The SMILES string of the molecule is CCCSC1CC(=O)N(CNC2CC(O[C@H]3C[C@](O)(C(=O)CO)Cc4c(O)c5c(c(O)c43)C(=O)c3c(OC)cccc3C5=O)OC(C)C2O)C1=O. The third-order valence-corrected chi connectivity index (χ3v) is 11.4. The summed E-state index contributed by atoms with van der Waals surface area (Å²) in [5, 5.41) is 58.1. The number of phenols is 2. The first-order valence-electron chi connectivity index (χ1n) is 16.7. The lowest BCUT2D eigenvalue weighted by atomic mass is 9.72. The summed E-state index contributed by atoms with van der Waals surface area (Å²) in [5.74, 6) is -3.96. The highest BCUT2D eigenvalue weighted by Crippen LogP contribution is 2.52. The number of aliphatic hydroxyl groups is 3. The molecule has 0 saturated carbocycles. The van der Waals surface area contributed by atoms with Gasteiger partial charge in [0.2, 0.25) is 17.6 Å². The summed E-state index contributed by atoms with van der Waals surface area (Å²) in [6, 6.07) is 3.54. The molecule has 7 atom stereocenters. The van der Waals surface area contributed by atoms with Crippen molar-refractivity contribution in [2.24, 2.45) is 0 Å². The van der Waals surface area contributed by atoms with Gasteiger partial charge in [0.1, 0.15) is 29.5 Å². The number of ether oxygens (including phenoxy) is 3. The summed E-state index contributed by atoms with van der Waals surface area (Å²) in [5.41, 5.74) is -3.97. The van der Waals surface area contributed by atoms with E-state index in [2.05, 4.69) is 5.32 Å². The van der Waals surface area contributed by atoms with E-state index in [9.17, 15) is 49.5 Å². The third kappa shape index (κ3) is 6.32. The molecule has 5 unspecified atom stereocenters. The van der Waals surface area contributed by atoms with Crippen molar-refractivity contribution in [3.63, 3.8) is 0 Å². The Balaban J connectivity index is 1.32. The summed E-state index contributed by atoms with van der Waals surface area (Å²) in [6.45, 7) is 2.29. The molecule has 6 N–H and O–H groups in total. The number of rotatable bonds is 11. The van der Waals surface area contributed by atoms with Gasteiger partial charge >= 0.3 is 0 Å². The van der Waals surface area contributed by atoms with Crippen LogP contribution in [0.15, 0.2) is 18.2 Å². The number of hydrogen-bond acceptors (Lipinski definition) is 15. The number of nitrogens with zero attached hydrogens (tertiary/aromatic N) is 1. The number of Topliss-reactive ketones (excluding diaryl/α,β-unsaturated/α-hetero) is 1. The third-order valence-electron chi connectivity index (χ3n) is 10.00. The van der Waals surface area contributed by atoms with Crippen molar-refractivity contribution in [3.05, 3.63) is 51.6 Å². The van der Waals surface area contributed by atoms with E-state index < -0.39 is 101 Å². The minimum Gasteiger partial charge on any atom is -0.507 e. The van der Waals surface area contributed by atoms with Crippen molar-refractivity contribution >= 4 is 40.9 Å². The van der Waals surface area contributed by atoms with E-state index in [1.807, 2.05) is 6.92 Å². The van der Waals surface area contributed by atoms with Crippen LogP contribution in [-0.4, -0.2) is 121 Å². The van der Waals surface area contributed by atoms with E-state index in [-0.39, 0.29) is 59.3 Å². The lowest BCUT2D eigenvalue weighted by Gasteiger charge is -2.43. The molecule has 2 aliphatic heterocycles. The zero-order valence-electron chi connectivity index (χ0n) is 28.2. The molecule has 2 aliphatic carbocycles. The molecule has 0 radical (unpaired) electrons. The molecule has 0 bridgehead atoms. The molecule has 51 heavy (non-hydrogen) atoms. The lowest BCUT2D eigenvalue weighted by Crippen LogP contribution is -2.56. The molecule has 2 saturated heterocycles. The topological polar surface area (TPSA) is 229 Å². The number of phenolic OH excluding ortho intramolecular Hbond substituents is 2. The van der Waals surface area contributed by atoms with Gasteiger partial charge in [-0.1, -0.05) is 19.1 Å². The van der Waals surface area contributed by atoms with Crippen LogP contribution in [0, 0.1) is 0 Å². The number of nitrogens with one attached hydrogen (secondary N) is 1. The van der Waals surface area contributed by atoms with E-state index in [0.717, 1.165) is 17.1 Å². The Labute approximate surface area is 296 Å². The van der Waals surface area contributed by atoms with Crippen LogP contribution in [0.4, 0.5) is 0 Å². The fourth-order valence-corrected chi connectivity index (χ4v) is 8.39. The lowest BCUT2D eigenvalue weighted by molar-refractivity contribution is -0.250. The number of carbonyl (C=O) groups excluding carboxylic acids is 5. The predicted molar refractivity (Wildman–Crippen MR) is 179 cm³/mol. The van der Waals surface area contributed by atoms with Crippen LogP contribution in [0.1, 0.15) is 88.6 Å². The quantitative estimate of drug-likeness (QED) is 0.119.